The Morgan fingerprint density at radius 2 is 2.21 bits per heavy atom. The lowest BCUT2D eigenvalue weighted by atomic mass is 10.2. The fourth-order valence-corrected chi connectivity index (χ4v) is 2.84. The molecule has 1 aromatic heterocycles. The summed E-state index contributed by atoms with van der Waals surface area (Å²) < 4.78 is 20.1. The lowest BCUT2D eigenvalue weighted by Gasteiger charge is -2.21. The van der Waals surface area contributed by atoms with Gasteiger partial charge >= 0.3 is 0 Å². The number of ether oxygens (including phenoxy) is 1. The molecule has 2 heterocycles. The molecule has 1 aromatic carbocycles. The van der Waals surface area contributed by atoms with Gasteiger partial charge in [0.1, 0.15) is 5.82 Å². The van der Waals surface area contributed by atoms with E-state index in [2.05, 4.69) is 15.6 Å². The van der Waals surface area contributed by atoms with Crippen molar-refractivity contribution in [2.75, 3.05) is 23.3 Å². The molecule has 0 spiro atoms. The Hall–Kier alpha value is -3.33. The third-order valence-corrected chi connectivity index (χ3v) is 4.19. The van der Waals surface area contributed by atoms with Crippen molar-refractivity contribution in [1.82, 2.24) is 10.3 Å². The second-order valence-electron chi connectivity index (χ2n) is 6.23. The molecular formula is C19H19FN4O4. The van der Waals surface area contributed by atoms with Crippen LogP contribution in [0.1, 0.15) is 17.3 Å². The fraction of sp³-hybridized carbons (Fsp3) is 0.263. The normalized spacial score (nSPS) is 18.6. The maximum Gasteiger partial charge on any atom is 0.257 e. The molecule has 2 N–H and O–H groups in total. The Balaban J connectivity index is 1.71. The molecule has 0 radical (unpaired) electrons. The minimum Gasteiger partial charge on any atom is -0.354 e. The number of pyridine rings is 1. The van der Waals surface area contributed by atoms with Crippen LogP contribution in [-0.4, -0.2) is 48.5 Å². The number of aromatic nitrogens is 1. The van der Waals surface area contributed by atoms with E-state index in [9.17, 15) is 18.8 Å². The summed E-state index contributed by atoms with van der Waals surface area (Å²) in [6.45, 7) is 1.94. The van der Waals surface area contributed by atoms with Gasteiger partial charge in [0, 0.05) is 38.1 Å². The van der Waals surface area contributed by atoms with E-state index in [1.54, 1.807) is 23.1 Å². The van der Waals surface area contributed by atoms with Crippen LogP contribution < -0.4 is 15.5 Å². The Kier molecular flexibility index (Phi) is 5.95. The molecule has 1 aliphatic heterocycles. The largest absolute Gasteiger partial charge is 0.354 e. The zero-order valence-corrected chi connectivity index (χ0v) is 15.1. The number of amides is 2. The van der Waals surface area contributed by atoms with E-state index in [1.807, 2.05) is 0 Å². The number of carbonyl (C=O) groups is 3. The van der Waals surface area contributed by atoms with Crippen molar-refractivity contribution in [2.24, 2.45) is 0 Å². The van der Waals surface area contributed by atoms with Crippen molar-refractivity contribution < 1.29 is 23.5 Å². The van der Waals surface area contributed by atoms with Gasteiger partial charge in [-0.2, -0.15) is 0 Å². The molecule has 1 saturated heterocycles. The van der Waals surface area contributed by atoms with E-state index in [4.69, 9.17) is 4.74 Å². The first-order valence-electron chi connectivity index (χ1n) is 8.60. The van der Waals surface area contributed by atoms with E-state index >= 15 is 0 Å². The SMILES string of the molecule is CC(=O)NC[C@H]1CN(c2ccc(NC(=O)c3cccnc3)c(F)c2)C(C=O)O1. The molecule has 0 aliphatic carbocycles. The summed E-state index contributed by atoms with van der Waals surface area (Å²) in [6, 6.07) is 7.41. The number of nitrogens with one attached hydrogen (secondary N) is 2. The van der Waals surface area contributed by atoms with Gasteiger partial charge in [0.2, 0.25) is 5.91 Å². The number of benzene rings is 1. The molecule has 1 unspecified atom stereocenters. The molecule has 146 valence electrons. The molecule has 2 amide bonds. The van der Waals surface area contributed by atoms with Crippen molar-refractivity contribution in [3.05, 3.63) is 54.1 Å². The first-order valence-corrected chi connectivity index (χ1v) is 8.60. The average Bonchev–Trinajstić information content (AvgIpc) is 3.12. The zero-order chi connectivity index (χ0) is 20.1. The summed E-state index contributed by atoms with van der Waals surface area (Å²) in [6.07, 6.45) is 2.25. The number of carbonyl (C=O) groups excluding carboxylic acids is 3. The highest BCUT2D eigenvalue weighted by atomic mass is 19.1. The quantitative estimate of drug-likeness (QED) is 0.727. The lowest BCUT2D eigenvalue weighted by molar-refractivity contribution is -0.120. The van der Waals surface area contributed by atoms with E-state index in [-0.39, 0.29) is 18.1 Å². The van der Waals surface area contributed by atoms with Gasteiger partial charge in [-0.25, -0.2) is 4.39 Å². The minimum atomic E-state index is -0.881. The van der Waals surface area contributed by atoms with Gasteiger partial charge in [-0.05, 0) is 30.3 Å². The van der Waals surface area contributed by atoms with Crippen LogP contribution in [0.4, 0.5) is 15.8 Å². The maximum atomic E-state index is 14.5. The molecule has 0 bridgehead atoms. The summed E-state index contributed by atoms with van der Waals surface area (Å²) in [4.78, 5) is 39.9. The molecule has 3 rings (SSSR count). The molecule has 1 aliphatic rings. The second-order valence-corrected chi connectivity index (χ2v) is 6.23. The maximum absolute atomic E-state index is 14.5. The highest BCUT2D eigenvalue weighted by molar-refractivity contribution is 6.04. The van der Waals surface area contributed by atoms with Crippen LogP contribution in [0.2, 0.25) is 0 Å². The number of hydrogen-bond donors (Lipinski definition) is 2. The van der Waals surface area contributed by atoms with E-state index in [1.165, 1.54) is 31.5 Å². The van der Waals surface area contributed by atoms with E-state index in [0.717, 1.165) is 0 Å². The summed E-state index contributed by atoms with van der Waals surface area (Å²) in [5.74, 6) is -1.33. The topological polar surface area (TPSA) is 101 Å². The Labute approximate surface area is 160 Å². The number of rotatable bonds is 6. The van der Waals surface area contributed by atoms with Crippen molar-refractivity contribution in [2.45, 2.75) is 19.3 Å². The fourth-order valence-electron chi connectivity index (χ4n) is 2.84. The van der Waals surface area contributed by atoms with Gasteiger partial charge in [-0.3, -0.25) is 19.4 Å². The Morgan fingerprint density at radius 3 is 2.86 bits per heavy atom. The standard InChI is InChI=1S/C19H19FN4O4/c1-12(26)22-9-15-10-24(18(11-25)28-15)14-4-5-17(16(20)7-14)23-19(27)13-3-2-6-21-8-13/h2-8,11,15,18H,9-10H2,1H3,(H,22,26)(H,23,27)/t15-,18?/m0/s1. The van der Waals surface area contributed by atoms with Gasteiger partial charge < -0.3 is 20.3 Å². The first-order chi connectivity index (χ1) is 13.5. The van der Waals surface area contributed by atoms with Gasteiger partial charge in [0.15, 0.2) is 12.5 Å². The third kappa shape index (κ3) is 4.49. The molecule has 8 nitrogen and oxygen atoms in total. The summed E-state index contributed by atoms with van der Waals surface area (Å²) in [5.41, 5.74) is 0.746. The number of aldehydes is 1. The number of halogens is 1. The summed E-state index contributed by atoms with van der Waals surface area (Å²) >= 11 is 0. The lowest BCUT2D eigenvalue weighted by Crippen LogP contribution is -2.33. The molecule has 1 fully saturated rings. The van der Waals surface area contributed by atoms with Crippen LogP contribution >= 0.6 is 0 Å². The summed E-state index contributed by atoms with van der Waals surface area (Å²) in [7, 11) is 0. The van der Waals surface area contributed by atoms with Crippen molar-refractivity contribution >= 4 is 29.5 Å². The van der Waals surface area contributed by atoms with Gasteiger partial charge in [-0.1, -0.05) is 0 Å². The Bertz CT molecular complexity index is 877. The van der Waals surface area contributed by atoms with Crippen molar-refractivity contribution in [3.63, 3.8) is 0 Å². The van der Waals surface area contributed by atoms with E-state index < -0.39 is 24.1 Å². The second kappa shape index (κ2) is 8.57. The van der Waals surface area contributed by atoms with Crippen LogP contribution in [0.25, 0.3) is 0 Å². The van der Waals surface area contributed by atoms with Gasteiger partial charge in [-0.15, -0.1) is 0 Å². The molecule has 0 saturated carbocycles. The molecule has 2 atom stereocenters. The highest BCUT2D eigenvalue weighted by Gasteiger charge is 2.33. The van der Waals surface area contributed by atoms with Crippen LogP contribution in [0.5, 0.6) is 0 Å². The van der Waals surface area contributed by atoms with E-state index in [0.29, 0.717) is 24.1 Å². The number of anilines is 2. The predicted octanol–water partition coefficient (Wildman–Crippen LogP) is 1.34. The monoisotopic (exact) mass is 386 g/mol. The molecular weight excluding hydrogens is 367 g/mol. The average molecular weight is 386 g/mol. The van der Waals surface area contributed by atoms with Crippen LogP contribution in [0.3, 0.4) is 0 Å². The number of hydrogen-bond acceptors (Lipinski definition) is 6. The zero-order valence-electron chi connectivity index (χ0n) is 15.1. The Morgan fingerprint density at radius 1 is 1.39 bits per heavy atom. The first kappa shape index (κ1) is 19.4. The smallest absolute Gasteiger partial charge is 0.257 e. The van der Waals surface area contributed by atoms with Crippen LogP contribution in [-0.2, 0) is 14.3 Å². The van der Waals surface area contributed by atoms with Crippen molar-refractivity contribution in [3.8, 4) is 0 Å². The molecule has 9 heteroatoms. The van der Waals surface area contributed by atoms with Crippen molar-refractivity contribution in [1.29, 1.82) is 0 Å². The summed E-state index contributed by atoms with van der Waals surface area (Å²) in [5, 5.41) is 5.12. The van der Waals surface area contributed by atoms with Crippen LogP contribution in [0, 0.1) is 5.82 Å². The van der Waals surface area contributed by atoms with Gasteiger partial charge in [0.25, 0.3) is 5.91 Å². The highest BCUT2D eigenvalue weighted by Crippen LogP contribution is 2.27. The molecule has 2 aromatic rings. The van der Waals surface area contributed by atoms with Crippen LogP contribution in [0.15, 0.2) is 42.7 Å². The molecule has 28 heavy (non-hydrogen) atoms. The minimum absolute atomic E-state index is 0.00941. The number of nitrogens with zero attached hydrogens (tertiary/aromatic N) is 2. The predicted molar refractivity (Wildman–Crippen MR) is 99.3 cm³/mol. The van der Waals surface area contributed by atoms with Gasteiger partial charge in [0.05, 0.1) is 17.4 Å². The third-order valence-electron chi connectivity index (χ3n) is 4.19.